The lowest BCUT2D eigenvalue weighted by Crippen LogP contribution is -2.26. The van der Waals surface area contributed by atoms with E-state index in [0.717, 1.165) is 27.0 Å². The Morgan fingerprint density at radius 3 is 2.44 bits per heavy atom. The fourth-order valence-electron chi connectivity index (χ4n) is 2.76. The maximum atomic E-state index is 12.8. The van der Waals surface area contributed by atoms with Crippen molar-refractivity contribution < 1.29 is 4.79 Å². The highest BCUT2D eigenvalue weighted by molar-refractivity contribution is 7.13. The number of anilines is 1. The lowest BCUT2D eigenvalue weighted by Gasteiger charge is -2.16. The van der Waals surface area contributed by atoms with Gasteiger partial charge in [0, 0.05) is 23.7 Å². The van der Waals surface area contributed by atoms with Crippen LogP contribution in [-0.4, -0.2) is 17.9 Å². The number of nitrogens with zero attached hydrogens (tertiary/aromatic N) is 2. The molecule has 0 aliphatic carbocycles. The van der Waals surface area contributed by atoms with Crippen LogP contribution in [0, 0.1) is 0 Å². The van der Waals surface area contributed by atoms with Crippen LogP contribution in [-0.2, 0) is 0 Å². The van der Waals surface area contributed by atoms with Gasteiger partial charge in [-0.3, -0.25) is 4.79 Å². The van der Waals surface area contributed by atoms with E-state index in [1.54, 1.807) is 11.9 Å². The first kappa shape index (κ1) is 15.5. The zero-order chi connectivity index (χ0) is 17.2. The summed E-state index contributed by atoms with van der Waals surface area (Å²) >= 11 is 1.49. The zero-order valence-corrected chi connectivity index (χ0v) is 14.5. The molecule has 3 aromatic carbocycles. The number of rotatable bonds is 3. The van der Waals surface area contributed by atoms with Crippen molar-refractivity contribution in [2.75, 3.05) is 11.9 Å². The molecule has 0 saturated carbocycles. The molecule has 4 rings (SSSR count). The van der Waals surface area contributed by atoms with Crippen LogP contribution in [0.3, 0.4) is 0 Å². The number of carbonyl (C=O) groups excluding carboxylic acids is 1. The number of benzene rings is 3. The highest BCUT2D eigenvalue weighted by Crippen LogP contribution is 2.26. The first-order valence-electron chi connectivity index (χ1n) is 8.00. The zero-order valence-electron chi connectivity index (χ0n) is 13.7. The van der Waals surface area contributed by atoms with E-state index >= 15 is 0 Å². The van der Waals surface area contributed by atoms with Gasteiger partial charge in [-0.1, -0.05) is 60.7 Å². The molecule has 0 aliphatic rings. The summed E-state index contributed by atoms with van der Waals surface area (Å²) in [5, 5.41) is 4.95. The van der Waals surface area contributed by atoms with Gasteiger partial charge in [0.2, 0.25) is 0 Å². The van der Waals surface area contributed by atoms with E-state index in [0.29, 0.717) is 5.69 Å². The summed E-state index contributed by atoms with van der Waals surface area (Å²) in [5.41, 5.74) is 2.36. The molecule has 0 spiro atoms. The Morgan fingerprint density at radius 1 is 0.920 bits per heavy atom. The van der Waals surface area contributed by atoms with E-state index < -0.39 is 0 Å². The van der Waals surface area contributed by atoms with Gasteiger partial charge in [0.25, 0.3) is 5.91 Å². The Balaban J connectivity index is 1.62. The Labute approximate surface area is 150 Å². The van der Waals surface area contributed by atoms with Crippen LogP contribution in [0.15, 0.2) is 78.2 Å². The second-order valence-electron chi connectivity index (χ2n) is 5.80. The van der Waals surface area contributed by atoms with Gasteiger partial charge in [-0.25, -0.2) is 4.98 Å². The van der Waals surface area contributed by atoms with Crippen molar-refractivity contribution in [2.45, 2.75) is 0 Å². The van der Waals surface area contributed by atoms with Gasteiger partial charge in [-0.2, -0.15) is 0 Å². The van der Waals surface area contributed by atoms with Gasteiger partial charge in [0.05, 0.1) is 0 Å². The van der Waals surface area contributed by atoms with Crippen LogP contribution in [0.1, 0.15) is 10.5 Å². The molecule has 3 nitrogen and oxygen atoms in total. The van der Waals surface area contributed by atoms with Gasteiger partial charge in [0.15, 0.2) is 0 Å². The molecule has 1 amide bonds. The first-order valence-corrected chi connectivity index (χ1v) is 8.88. The maximum absolute atomic E-state index is 12.8. The van der Waals surface area contributed by atoms with Crippen molar-refractivity contribution in [1.29, 1.82) is 0 Å². The average Bonchev–Trinajstić information content (AvgIpc) is 3.17. The van der Waals surface area contributed by atoms with Crippen molar-refractivity contribution in [2.24, 2.45) is 0 Å². The van der Waals surface area contributed by atoms with Crippen molar-refractivity contribution in [1.82, 2.24) is 4.98 Å². The molecule has 1 aromatic heterocycles. The molecular weight excluding hydrogens is 328 g/mol. The lowest BCUT2D eigenvalue weighted by atomic mass is 10.1. The van der Waals surface area contributed by atoms with Crippen LogP contribution in [0.25, 0.3) is 21.3 Å². The summed E-state index contributed by atoms with van der Waals surface area (Å²) < 4.78 is 0. The van der Waals surface area contributed by atoms with E-state index in [-0.39, 0.29) is 5.91 Å². The summed E-state index contributed by atoms with van der Waals surface area (Å²) in [6, 6.07) is 24.1. The fourth-order valence-corrected chi connectivity index (χ4v) is 3.56. The molecule has 4 aromatic rings. The summed E-state index contributed by atoms with van der Waals surface area (Å²) in [6.45, 7) is 0. The summed E-state index contributed by atoms with van der Waals surface area (Å²) in [7, 11) is 1.79. The van der Waals surface area contributed by atoms with E-state index in [9.17, 15) is 4.79 Å². The van der Waals surface area contributed by atoms with Gasteiger partial charge >= 0.3 is 0 Å². The van der Waals surface area contributed by atoms with Crippen LogP contribution in [0.5, 0.6) is 0 Å². The molecule has 0 fully saturated rings. The Kier molecular flexibility index (Phi) is 4.04. The van der Waals surface area contributed by atoms with Gasteiger partial charge < -0.3 is 4.90 Å². The average molecular weight is 344 g/mol. The normalized spacial score (nSPS) is 10.8. The van der Waals surface area contributed by atoms with Crippen molar-refractivity contribution in [3.8, 4) is 10.6 Å². The van der Waals surface area contributed by atoms with Crippen LogP contribution >= 0.6 is 11.3 Å². The molecular formula is C21H16N2OS. The minimum atomic E-state index is -0.103. The van der Waals surface area contributed by atoms with E-state index in [2.05, 4.69) is 11.1 Å². The van der Waals surface area contributed by atoms with E-state index in [1.165, 1.54) is 11.3 Å². The monoisotopic (exact) mass is 344 g/mol. The number of carbonyl (C=O) groups is 1. The molecule has 0 unspecified atom stereocenters. The summed E-state index contributed by atoms with van der Waals surface area (Å²) in [6.07, 6.45) is 0. The Morgan fingerprint density at radius 2 is 1.64 bits per heavy atom. The Bertz CT molecular complexity index is 1040. The molecule has 0 radical (unpaired) electrons. The molecule has 0 aliphatic heterocycles. The molecule has 0 saturated heterocycles. The molecule has 0 N–H and O–H groups in total. The third-order valence-electron chi connectivity index (χ3n) is 4.17. The number of hydrogen-bond donors (Lipinski definition) is 0. The molecule has 25 heavy (non-hydrogen) atoms. The van der Waals surface area contributed by atoms with Gasteiger partial charge in [-0.05, 0) is 22.9 Å². The van der Waals surface area contributed by atoms with E-state index in [4.69, 9.17) is 0 Å². The first-order chi connectivity index (χ1) is 12.2. The van der Waals surface area contributed by atoms with Crippen molar-refractivity contribution >= 4 is 33.7 Å². The van der Waals surface area contributed by atoms with Crippen LogP contribution in [0.2, 0.25) is 0 Å². The van der Waals surface area contributed by atoms with Crippen LogP contribution in [0.4, 0.5) is 5.69 Å². The molecule has 0 atom stereocenters. The molecule has 122 valence electrons. The number of thiazole rings is 1. The highest BCUT2D eigenvalue weighted by Gasteiger charge is 2.17. The van der Waals surface area contributed by atoms with Crippen molar-refractivity contribution in [3.63, 3.8) is 0 Å². The standard InChI is InChI=1S/C21H16N2OS/c1-23(18-12-11-15-7-5-6-10-17(15)13-18)21(24)19-14-25-20(22-19)16-8-3-2-4-9-16/h2-14H,1H3. The number of amides is 1. The lowest BCUT2D eigenvalue weighted by molar-refractivity contribution is 0.0989. The third kappa shape index (κ3) is 3.04. The van der Waals surface area contributed by atoms with E-state index in [1.807, 2.05) is 72.1 Å². The van der Waals surface area contributed by atoms with Crippen molar-refractivity contribution in [3.05, 3.63) is 83.9 Å². The predicted molar refractivity (Wildman–Crippen MR) is 104 cm³/mol. The fraction of sp³-hybridized carbons (Fsp3) is 0.0476. The molecule has 1 heterocycles. The quantitative estimate of drug-likeness (QED) is 0.509. The summed E-state index contributed by atoms with van der Waals surface area (Å²) in [5.74, 6) is -0.103. The van der Waals surface area contributed by atoms with Crippen LogP contribution < -0.4 is 4.90 Å². The smallest absolute Gasteiger partial charge is 0.277 e. The predicted octanol–water partition coefficient (Wildman–Crippen LogP) is 5.24. The molecule has 4 heteroatoms. The minimum absolute atomic E-state index is 0.103. The second kappa shape index (κ2) is 6.49. The largest absolute Gasteiger partial charge is 0.310 e. The SMILES string of the molecule is CN(C(=O)c1csc(-c2ccccc2)n1)c1ccc2ccccc2c1. The highest BCUT2D eigenvalue weighted by atomic mass is 32.1. The third-order valence-corrected chi connectivity index (χ3v) is 5.06. The molecule has 0 bridgehead atoms. The number of fused-ring (bicyclic) bond motifs is 1. The minimum Gasteiger partial charge on any atom is -0.310 e. The van der Waals surface area contributed by atoms with Gasteiger partial charge in [0.1, 0.15) is 10.7 Å². The number of hydrogen-bond acceptors (Lipinski definition) is 3. The summed E-state index contributed by atoms with van der Waals surface area (Å²) in [4.78, 5) is 19.0. The topological polar surface area (TPSA) is 33.2 Å². The maximum Gasteiger partial charge on any atom is 0.277 e. The Hall–Kier alpha value is -2.98. The second-order valence-corrected chi connectivity index (χ2v) is 6.66. The van der Waals surface area contributed by atoms with Gasteiger partial charge in [-0.15, -0.1) is 11.3 Å². The number of aromatic nitrogens is 1.